The van der Waals surface area contributed by atoms with E-state index in [2.05, 4.69) is 15.5 Å². The monoisotopic (exact) mass is 562 g/mol. The Morgan fingerprint density at radius 2 is 1.76 bits per heavy atom. The molecule has 1 amide bonds. The molecule has 12 heteroatoms. The molecule has 1 fully saturated rings. The first-order valence-electron chi connectivity index (χ1n) is 12.3. The van der Waals surface area contributed by atoms with Gasteiger partial charge in [0.05, 0.1) is 4.90 Å². The topological polar surface area (TPSA) is 123 Å². The van der Waals surface area contributed by atoms with E-state index in [1.54, 1.807) is 21.0 Å². The summed E-state index contributed by atoms with van der Waals surface area (Å²) in [7, 11) is -3.56. The molecule has 0 radical (unpaired) electrons. The van der Waals surface area contributed by atoms with E-state index in [1.807, 2.05) is 31.2 Å². The normalized spacial score (nSPS) is 15.7. The van der Waals surface area contributed by atoms with E-state index >= 15 is 0 Å². The quantitative estimate of drug-likeness (QED) is 0.353. The van der Waals surface area contributed by atoms with Gasteiger partial charge in [-0.2, -0.15) is 4.31 Å². The summed E-state index contributed by atoms with van der Waals surface area (Å²) in [4.78, 5) is 13.5. The number of thioether (sulfide) groups is 1. The van der Waals surface area contributed by atoms with E-state index < -0.39 is 16.1 Å². The van der Waals surface area contributed by atoms with Crippen LogP contribution in [0.4, 0.5) is 11.6 Å². The molecular weight excluding hydrogens is 532 g/mol. The van der Waals surface area contributed by atoms with Crippen molar-refractivity contribution in [2.24, 2.45) is 0 Å². The number of hydrogen-bond acceptors (Lipinski definition) is 7. The Bertz CT molecular complexity index is 1320. The smallest absolute Gasteiger partial charge is 0.247 e. The summed E-state index contributed by atoms with van der Waals surface area (Å²) in [5.41, 5.74) is 7.53. The molecule has 1 aliphatic rings. The lowest BCUT2D eigenvalue weighted by molar-refractivity contribution is -0.119. The van der Waals surface area contributed by atoms with Crippen LogP contribution >= 0.6 is 23.4 Å². The molecule has 0 bridgehead atoms. The van der Waals surface area contributed by atoms with Crippen molar-refractivity contribution in [1.29, 1.82) is 0 Å². The summed E-state index contributed by atoms with van der Waals surface area (Å²) < 4.78 is 29.3. The van der Waals surface area contributed by atoms with Crippen LogP contribution in [0.3, 0.4) is 0 Å². The molecule has 2 heterocycles. The molecule has 37 heavy (non-hydrogen) atoms. The van der Waals surface area contributed by atoms with Crippen LogP contribution in [0.15, 0.2) is 58.6 Å². The minimum atomic E-state index is -3.56. The Hall–Kier alpha value is -2.60. The zero-order valence-corrected chi connectivity index (χ0v) is 23.0. The molecule has 1 atom stereocenters. The number of nitrogen functional groups attached to an aromatic ring is 1. The highest BCUT2D eigenvalue weighted by molar-refractivity contribution is 7.98. The molecule has 0 aliphatic carbocycles. The van der Waals surface area contributed by atoms with Crippen molar-refractivity contribution >= 4 is 50.9 Å². The third-order valence-corrected chi connectivity index (χ3v) is 9.60. The standard InChI is InChI=1S/C25H31ClN6O3S2/c1-2-22(32-24(27)29-30-25(32)36-17-18-9-5-6-10-21(18)26)23(33)28-19-11-13-20(14-12-19)37(34,35)31-15-7-3-4-8-16-31/h5-6,9-14,22H,2-4,7-8,15-17H2,1H3,(H2,27,29)(H,28,33). The van der Waals surface area contributed by atoms with Crippen LogP contribution in [0.5, 0.6) is 0 Å². The van der Waals surface area contributed by atoms with Crippen LogP contribution in [0.1, 0.15) is 50.6 Å². The van der Waals surface area contributed by atoms with Gasteiger partial charge >= 0.3 is 0 Å². The Balaban J connectivity index is 1.46. The maximum absolute atomic E-state index is 13.2. The fraction of sp³-hybridized carbons (Fsp3) is 0.400. The molecule has 1 unspecified atom stereocenters. The summed E-state index contributed by atoms with van der Waals surface area (Å²) >= 11 is 7.67. The molecule has 0 saturated carbocycles. The van der Waals surface area contributed by atoms with Gasteiger partial charge in [0.15, 0.2) is 5.16 Å². The third-order valence-electron chi connectivity index (χ3n) is 6.33. The molecule has 3 aromatic rings. The Kier molecular flexibility index (Phi) is 9.12. The zero-order chi connectivity index (χ0) is 26.4. The molecule has 4 rings (SSSR count). The van der Waals surface area contributed by atoms with Crippen LogP contribution in [-0.2, 0) is 20.6 Å². The Morgan fingerprint density at radius 1 is 1.08 bits per heavy atom. The number of hydrogen-bond donors (Lipinski definition) is 2. The third kappa shape index (κ3) is 6.46. The Labute approximate surface area is 226 Å². The summed E-state index contributed by atoms with van der Waals surface area (Å²) in [6.07, 6.45) is 4.29. The van der Waals surface area contributed by atoms with Gasteiger partial charge < -0.3 is 11.1 Å². The molecule has 1 aliphatic heterocycles. The highest BCUT2D eigenvalue weighted by Gasteiger charge is 2.27. The number of rotatable bonds is 9. The average Bonchev–Trinajstić information content (AvgIpc) is 3.07. The van der Waals surface area contributed by atoms with Gasteiger partial charge in [0, 0.05) is 29.6 Å². The highest BCUT2D eigenvalue weighted by atomic mass is 35.5. The number of nitrogens with zero attached hydrogens (tertiary/aromatic N) is 4. The summed E-state index contributed by atoms with van der Waals surface area (Å²) in [5.74, 6) is 0.391. The Morgan fingerprint density at radius 3 is 2.41 bits per heavy atom. The minimum absolute atomic E-state index is 0.141. The van der Waals surface area contributed by atoms with Gasteiger partial charge in [0.1, 0.15) is 6.04 Å². The number of carbonyl (C=O) groups is 1. The fourth-order valence-corrected chi connectivity index (χ4v) is 7.08. The second kappa shape index (κ2) is 12.3. The van der Waals surface area contributed by atoms with Gasteiger partial charge in [-0.3, -0.25) is 9.36 Å². The number of benzene rings is 2. The van der Waals surface area contributed by atoms with Crippen LogP contribution in [0.2, 0.25) is 5.02 Å². The van der Waals surface area contributed by atoms with Gasteiger partial charge in [-0.25, -0.2) is 8.42 Å². The molecule has 9 nitrogen and oxygen atoms in total. The van der Waals surface area contributed by atoms with E-state index in [-0.39, 0.29) is 16.8 Å². The van der Waals surface area contributed by atoms with Crippen molar-refractivity contribution < 1.29 is 13.2 Å². The van der Waals surface area contributed by atoms with Crippen LogP contribution < -0.4 is 11.1 Å². The van der Waals surface area contributed by atoms with E-state index in [0.29, 0.717) is 41.1 Å². The van der Waals surface area contributed by atoms with Crippen molar-refractivity contribution in [2.75, 3.05) is 24.1 Å². The maximum atomic E-state index is 13.2. The number of anilines is 2. The van der Waals surface area contributed by atoms with E-state index in [0.717, 1.165) is 31.2 Å². The summed E-state index contributed by atoms with van der Waals surface area (Å²) in [5, 5.41) is 12.2. The minimum Gasteiger partial charge on any atom is -0.368 e. The van der Waals surface area contributed by atoms with Gasteiger partial charge in [-0.05, 0) is 55.2 Å². The number of carbonyl (C=O) groups excluding carboxylic acids is 1. The van der Waals surface area contributed by atoms with Crippen LogP contribution in [0.25, 0.3) is 0 Å². The molecule has 198 valence electrons. The van der Waals surface area contributed by atoms with Gasteiger partial charge in [-0.1, -0.05) is 61.3 Å². The van der Waals surface area contributed by atoms with E-state index in [9.17, 15) is 13.2 Å². The van der Waals surface area contributed by atoms with Gasteiger partial charge in [-0.15, -0.1) is 10.2 Å². The maximum Gasteiger partial charge on any atom is 0.247 e. The van der Waals surface area contributed by atoms with Crippen LogP contribution in [0, 0.1) is 0 Å². The summed E-state index contributed by atoms with van der Waals surface area (Å²) in [6, 6.07) is 13.2. The lowest BCUT2D eigenvalue weighted by atomic mass is 10.2. The molecule has 1 saturated heterocycles. The van der Waals surface area contributed by atoms with Crippen molar-refractivity contribution in [3.63, 3.8) is 0 Å². The lowest BCUT2D eigenvalue weighted by Crippen LogP contribution is -2.32. The van der Waals surface area contributed by atoms with Crippen molar-refractivity contribution in [3.05, 3.63) is 59.1 Å². The first kappa shape index (κ1) is 27.4. The summed E-state index contributed by atoms with van der Waals surface area (Å²) in [6.45, 7) is 2.95. The molecule has 2 aromatic carbocycles. The SMILES string of the molecule is CCC(C(=O)Nc1ccc(S(=O)(=O)N2CCCCCC2)cc1)n1c(N)nnc1SCc1ccccc1Cl. The number of amides is 1. The number of aromatic nitrogens is 3. The zero-order valence-electron chi connectivity index (χ0n) is 20.6. The van der Waals surface area contributed by atoms with Gasteiger partial charge in [0.2, 0.25) is 21.9 Å². The van der Waals surface area contributed by atoms with Gasteiger partial charge in [0.25, 0.3) is 0 Å². The van der Waals surface area contributed by atoms with Crippen molar-refractivity contribution in [1.82, 2.24) is 19.1 Å². The fourth-order valence-electron chi connectivity index (χ4n) is 4.29. The number of halogens is 1. The molecular formula is C25H31ClN6O3S2. The van der Waals surface area contributed by atoms with Crippen LogP contribution in [-0.4, -0.2) is 46.5 Å². The van der Waals surface area contributed by atoms with E-state index in [4.69, 9.17) is 17.3 Å². The predicted molar refractivity (Wildman–Crippen MR) is 147 cm³/mol. The molecule has 3 N–H and O–H groups in total. The first-order chi connectivity index (χ1) is 17.8. The molecule has 1 aromatic heterocycles. The number of nitrogens with one attached hydrogen (secondary N) is 1. The number of sulfonamides is 1. The first-order valence-corrected chi connectivity index (χ1v) is 15.1. The average molecular weight is 563 g/mol. The second-order valence-corrected chi connectivity index (χ2v) is 12.1. The van der Waals surface area contributed by atoms with Crippen molar-refractivity contribution in [2.45, 2.75) is 60.9 Å². The molecule has 0 spiro atoms. The number of nitrogens with two attached hydrogens (primary N) is 1. The predicted octanol–water partition coefficient (Wildman–Crippen LogP) is 4.96. The lowest BCUT2D eigenvalue weighted by Gasteiger charge is -2.21. The second-order valence-electron chi connectivity index (χ2n) is 8.85. The highest BCUT2D eigenvalue weighted by Crippen LogP contribution is 2.30. The largest absolute Gasteiger partial charge is 0.368 e. The van der Waals surface area contributed by atoms with Crippen molar-refractivity contribution in [3.8, 4) is 0 Å². The van der Waals surface area contributed by atoms with E-state index in [1.165, 1.54) is 23.9 Å².